The quantitative estimate of drug-likeness (QED) is 0.542. The summed E-state index contributed by atoms with van der Waals surface area (Å²) in [5.41, 5.74) is 2.82. The van der Waals surface area contributed by atoms with Crippen LogP contribution in [0, 0.1) is 0 Å². The number of fused-ring (bicyclic) bond motifs is 3. The van der Waals surface area contributed by atoms with Gasteiger partial charge in [-0.3, -0.25) is 14.9 Å². The van der Waals surface area contributed by atoms with Gasteiger partial charge in [-0.1, -0.05) is 42.5 Å². The number of benzene rings is 2. The lowest BCUT2D eigenvalue weighted by molar-refractivity contribution is -0.118. The molecule has 2 amide bonds. The molecule has 0 saturated carbocycles. The number of carbonyl (C=O) groups excluding carboxylic acids is 2. The van der Waals surface area contributed by atoms with Gasteiger partial charge in [-0.15, -0.1) is 5.10 Å². The molecule has 4 aromatic rings. The molecule has 3 heterocycles. The van der Waals surface area contributed by atoms with Crippen LogP contribution in [0.5, 0.6) is 0 Å². The Morgan fingerprint density at radius 2 is 1.93 bits per heavy atom. The zero-order chi connectivity index (χ0) is 20.5. The van der Waals surface area contributed by atoms with E-state index >= 15 is 0 Å². The second kappa shape index (κ2) is 7.43. The first kappa shape index (κ1) is 18.0. The Kier molecular flexibility index (Phi) is 4.47. The van der Waals surface area contributed by atoms with E-state index in [2.05, 4.69) is 25.7 Å². The number of aryl methyl sites for hydroxylation is 1. The third kappa shape index (κ3) is 3.41. The normalized spacial score (nSPS) is 16.0. The van der Waals surface area contributed by atoms with E-state index < -0.39 is 11.9 Å². The van der Waals surface area contributed by atoms with Crippen molar-refractivity contribution in [3.05, 3.63) is 72.3 Å². The third-order valence-electron chi connectivity index (χ3n) is 5.08. The number of hydrogen-bond donors (Lipinski definition) is 2. The highest BCUT2D eigenvalue weighted by Gasteiger charge is 2.28. The molecule has 0 fully saturated rings. The predicted molar refractivity (Wildman–Crippen MR) is 110 cm³/mol. The van der Waals surface area contributed by atoms with Crippen LogP contribution in [0.15, 0.2) is 60.9 Å². The summed E-state index contributed by atoms with van der Waals surface area (Å²) in [6.45, 7) is 1.06. The van der Waals surface area contributed by atoms with E-state index in [1.165, 1.54) is 6.33 Å². The van der Waals surface area contributed by atoms with Gasteiger partial charge in [0.25, 0.3) is 5.91 Å². The van der Waals surface area contributed by atoms with Crippen molar-refractivity contribution in [2.24, 2.45) is 0 Å². The van der Waals surface area contributed by atoms with Gasteiger partial charge in [0, 0.05) is 6.54 Å². The largest absolute Gasteiger partial charge is 0.337 e. The molecule has 2 aromatic carbocycles. The molecule has 2 aromatic heterocycles. The fraction of sp³-hybridized carbons (Fsp3) is 0.190. The molecule has 9 heteroatoms. The second-order valence-electron chi connectivity index (χ2n) is 7.13. The summed E-state index contributed by atoms with van der Waals surface area (Å²) in [5, 5.41) is 9.79. The summed E-state index contributed by atoms with van der Waals surface area (Å²) in [5.74, 6) is -0.262. The minimum absolute atomic E-state index is 0.0335. The van der Waals surface area contributed by atoms with E-state index in [0.717, 1.165) is 16.6 Å². The Balaban J connectivity index is 1.28. The molecule has 2 N–H and O–H groups in total. The number of nitrogens with one attached hydrogen (secondary N) is 2. The molecule has 0 saturated heterocycles. The molecule has 5 rings (SSSR count). The molecule has 1 aliphatic heterocycles. The predicted octanol–water partition coefficient (Wildman–Crippen LogP) is 1.82. The minimum atomic E-state index is -0.695. The Morgan fingerprint density at radius 1 is 1.13 bits per heavy atom. The average Bonchev–Trinajstić information content (AvgIpc) is 3.32. The Morgan fingerprint density at radius 3 is 2.80 bits per heavy atom. The van der Waals surface area contributed by atoms with E-state index in [-0.39, 0.29) is 11.7 Å². The van der Waals surface area contributed by atoms with Crippen LogP contribution >= 0.6 is 0 Å². The Labute approximate surface area is 171 Å². The molecule has 1 aliphatic rings. The number of nitrogens with zero attached hydrogens (tertiary/aromatic N) is 5. The van der Waals surface area contributed by atoms with Gasteiger partial charge in [0.2, 0.25) is 17.7 Å². The van der Waals surface area contributed by atoms with E-state index in [1.54, 1.807) is 4.68 Å². The van der Waals surface area contributed by atoms with Crippen molar-refractivity contribution in [3.8, 4) is 0 Å². The summed E-state index contributed by atoms with van der Waals surface area (Å²) in [4.78, 5) is 33.8. The molecule has 9 nitrogen and oxygen atoms in total. The molecule has 1 atom stereocenters. The highest BCUT2D eigenvalue weighted by Crippen LogP contribution is 2.22. The average molecular weight is 401 g/mol. The molecule has 0 bridgehead atoms. The third-order valence-corrected chi connectivity index (χ3v) is 5.08. The van der Waals surface area contributed by atoms with E-state index in [4.69, 9.17) is 0 Å². The zero-order valence-corrected chi connectivity index (χ0v) is 16.0. The summed E-state index contributed by atoms with van der Waals surface area (Å²) in [7, 11) is 0. The number of para-hydroxylation sites is 2. The van der Waals surface area contributed by atoms with Crippen LogP contribution < -0.4 is 10.6 Å². The number of hydrogen-bond acceptors (Lipinski definition) is 5. The number of aromatic nitrogens is 5. The van der Waals surface area contributed by atoms with Crippen LogP contribution in [0.1, 0.15) is 22.6 Å². The van der Waals surface area contributed by atoms with Crippen molar-refractivity contribution in [1.29, 1.82) is 0 Å². The van der Waals surface area contributed by atoms with Crippen LogP contribution in [0.2, 0.25) is 0 Å². The molecule has 30 heavy (non-hydrogen) atoms. The van der Waals surface area contributed by atoms with E-state index in [9.17, 15) is 9.59 Å². The topological polar surface area (TPSA) is 107 Å². The SMILES string of the molecule is O=C(NC1CCn2c(nc3ccccc32)NC1=O)c1ncn(Cc2ccccc2)n1. The fourth-order valence-corrected chi connectivity index (χ4v) is 3.59. The van der Waals surface area contributed by atoms with Crippen molar-refractivity contribution in [2.75, 3.05) is 5.32 Å². The molecule has 0 aliphatic carbocycles. The van der Waals surface area contributed by atoms with E-state index in [0.29, 0.717) is 25.5 Å². The van der Waals surface area contributed by atoms with Crippen molar-refractivity contribution >= 4 is 28.8 Å². The van der Waals surface area contributed by atoms with Crippen LogP contribution in [0.4, 0.5) is 5.95 Å². The molecule has 0 spiro atoms. The minimum Gasteiger partial charge on any atom is -0.337 e. The summed E-state index contributed by atoms with van der Waals surface area (Å²) in [6, 6.07) is 16.8. The number of carbonyl (C=O) groups is 2. The van der Waals surface area contributed by atoms with Gasteiger partial charge in [0.1, 0.15) is 12.4 Å². The molecule has 1 unspecified atom stereocenters. The van der Waals surface area contributed by atoms with Crippen molar-refractivity contribution < 1.29 is 9.59 Å². The Hall–Kier alpha value is -4.01. The van der Waals surface area contributed by atoms with Gasteiger partial charge in [0.15, 0.2) is 0 Å². The van der Waals surface area contributed by atoms with Crippen LogP contribution in [-0.2, 0) is 17.9 Å². The van der Waals surface area contributed by atoms with Gasteiger partial charge in [-0.05, 0) is 24.1 Å². The van der Waals surface area contributed by atoms with Gasteiger partial charge < -0.3 is 9.88 Å². The summed E-state index contributed by atoms with van der Waals surface area (Å²) in [6.07, 6.45) is 1.95. The zero-order valence-electron chi connectivity index (χ0n) is 16.0. The molecule has 0 radical (unpaired) electrons. The molecular weight excluding hydrogens is 382 g/mol. The number of imidazole rings is 1. The Bertz CT molecular complexity index is 1230. The highest BCUT2D eigenvalue weighted by molar-refractivity contribution is 6.00. The fourth-order valence-electron chi connectivity index (χ4n) is 3.59. The van der Waals surface area contributed by atoms with Crippen LogP contribution in [-0.4, -0.2) is 42.2 Å². The lowest BCUT2D eigenvalue weighted by atomic mass is 10.2. The smallest absolute Gasteiger partial charge is 0.291 e. The maximum atomic E-state index is 12.6. The van der Waals surface area contributed by atoms with Crippen molar-refractivity contribution in [3.63, 3.8) is 0 Å². The van der Waals surface area contributed by atoms with E-state index in [1.807, 2.05) is 59.2 Å². The van der Waals surface area contributed by atoms with Gasteiger partial charge in [-0.2, -0.15) is 0 Å². The number of rotatable bonds is 4. The van der Waals surface area contributed by atoms with Crippen molar-refractivity contribution in [2.45, 2.75) is 25.6 Å². The lowest BCUT2D eigenvalue weighted by Crippen LogP contribution is -2.43. The number of amides is 2. The standard InChI is InChI=1S/C21H19N7O2/c29-19-16(10-11-28-17-9-5-4-8-15(17)24-21(28)25-19)23-20(30)18-22-13-27(26-18)12-14-6-2-1-3-7-14/h1-9,13,16H,10-12H2,(H,23,30)(H,24,25,29). The molecular formula is C21H19N7O2. The first-order valence-corrected chi connectivity index (χ1v) is 9.68. The first-order chi connectivity index (χ1) is 14.7. The van der Waals surface area contributed by atoms with Gasteiger partial charge in [-0.25, -0.2) is 14.6 Å². The van der Waals surface area contributed by atoms with Gasteiger partial charge in [0.05, 0.1) is 17.6 Å². The lowest BCUT2D eigenvalue weighted by Gasteiger charge is -2.13. The maximum absolute atomic E-state index is 12.6. The number of anilines is 1. The second-order valence-corrected chi connectivity index (χ2v) is 7.13. The monoisotopic (exact) mass is 401 g/mol. The maximum Gasteiger partial charge on any atom is 0.291 e. The summed E-state index contributed by atoms with van der Waals surface area (Å²) < 4.78 is 3.55. The van der Waals surface area contributed by atoms with Gasteiger partial charge >= 0.3 is 0 Å². The van der Waals surface area contributed by atoms with Crippen LogP contribution in [0.3, 0.4) is 0 Å². The highest BCUT2D eigenvalue weighted by atomic mass is 16.2. The molecule has 150 valence electrons. The first-order valence-electron chi connectivity index (χ1n) is 9.68. The van der Waals surface area contributed by atoms with Crippen LogP contribution in [0.25, 0.3) is 11.0 Å². The van der Waals surface area contributed by atoms with Crippen molar-refractivity contribution in [1.82, 2.24) is 29.6 Å². The summed E-state index contributed by atoms with van der Waals surface area (Å²) >= 11 is 0.